The van der Waals surface area contributed by atoms with E-state index in [0.29, 0.717) is 0 Å². The highest BCUT2D eigenvalue weighted by atomic mass is 35.5. The molecule has 0 saturated carbocycles. The molecule has 0 aromatic heterocycles. The van der Waals surface area contributed by atoms with Gasteiger partial charge in [0.15, 0.2) is 0 Å². The number of ether oxygens (including phenoxy) is 1. The fourth-order valence-electron chi connectivity index (χ4n) is 4.02. The average molecular weight is 407 g/mol. The van der Waals surface area contributed by atoms with Crippen molar-refractivity contribution in [1.82, 2.24) is 4.90 Å². The maximum absolute atomic E-state index is 6.11. The van der Waals surface area contributed by atoms with Crippen LogP contribution in [0.3, 0.4) is 0 Å². The molecule has 0 spiro atoms. The predicted octanol–water partition coefficient (Wildman–Crippen LogP) is 4.84. The van der Waals surface area contributed by atoms with Gasteiger partial charge in [0.1, 0.15) is 5.75 Å². The number of nitrogens with zero attached hydrogens (tertiary/aromatic N) is 2. The molecule has 2 aromatic carbocycles. The Labute approximate surface area is 173 Å². The number of hydrogen-bond acceptors (Lipinski definition) is 3. The fourth-order valence-corrected chi connectivity index (χ4v) is 4.20. The summed E-state index contributed by atoms with van der Waals surface area (Å²) in [7, 11) is 0. The van der Waals surface area contributed by atoms with Crippen LogP contribution >= 0.6 is 24.0 Å². The van der Waals surface area contributed by atoms with Crippen LogP contribution in [0.4, 0.5) is 5.69 Å². The topological polar surface area (TPSA) is 15.7 Å². The number of aryl methyl sites for hydroxylation is 2. The minimum Gasteiger partial charge on any atom is -0.494 e. The minimum atomic E-state index is 0. The Morgan fingerprint density at radius 3 is 2.56 bits per heavy atom. The Bertz CT molecular complexity index is 745. The SMILES string of the molecule is Cl.Clc1cccc(N2CCN(CCCOc3ccc4c(c3)CCC4)CC2)c1. The number of halogens is 2. The monoisotopic (exact) mass is 406 g/mol. The number of fused-ring (bicyclic) bond motifs is 1. The third kappa shape index (κ3) is 5.31. The molecular weight excluding hydrogens is 379 g/mol. The first-order valence-electron chi connectivity index (χ1n) is 9.75. The maximum atomic E-state index is 6.11. The van der Waals surface area contributed by atoms with Crippen molar-refractivity contribution in [2.45, 2.75) is 25.7 Å². The van der Waals surface area contributed by atoms with E-state index in [4.69, 9.17) is 16.3 Å². The number of rotatable bonds is 6. The molecule has 146 valence electrons. The summed E-state index contributed by atoms with van der Waals surface area (Å²) in [6, 6.07) is 14.8. The first kappa shape index (κ1) is 20.3. The van der Waals surface area contributed by atoms with Crippen molar-refractivity contribution in [2.75, 3.05) is 44.2 Å². The van der Waals surface area contributed by atoms with E-state index < -0.39 is 0 Å². The van der Waals surface area contributed by atoms with Gasteiger partial charge >= 0.3 is 0 Å². The molecule has 0 bridgehead atoms. The third-order valence-corrected chi connectivity index (χ3v) is 5.74. The van der Waals surface area contributed by atoms with Gasteiger partial charge in [-0.25, -0.2) is 0 Å². The van der Waals surface area contributed by atoms with E-state index in [9.17, 15) is 0 Å². The third-order valence-electron chi connectivity index (χ3n) is 5.50. The molecule has 1 saturated heterocycles. The molecule has 0 amide bonds. The molecule has 1 fully saturated rings. The lowest BCUT2D eigenvalue weighted by Gasteiger charge is -2.36. The normalized spacial score (nSPS) is 16.7. The molecule has 0 unspecified atom stereocenters. The highest BCUT2D eigenvalue weighted by Crippen LogP contribution is 2.26. The van der Waals surface area contributed by atoms with Gasteiger partial charge in [-0.3, -0.25) is 4.90 Å². The van der Waals surface area contributed by atoms with E-state index in [1.807, 2.05) is 12.1 Å². The largest absolute Gasteiger partial charge is 0.494 e. The molecule has 1 aliphatic heterocycles. The molecule has 27 heavy (non-hydrogen) atoms. The fraction of sp³-hybridized carbons (Fsp3) is 0.455. The lowest BCUT2D eigenvalue weighted by Crippen LogP contribution is -2.46. The van der Waals surface area contributed by atoms with Gasteiger partial charge in [-0.2, -0.15) is 0 Å². The number of hydrogen-bond donors (Lipinski definition) is 0. The van der Waals surface area contributed by atoms with Crippen LogP contribution in [0, 0.1) is 0 Å². The zero-order valence-electron chi connectivity index (χ0n) is 15.7. The van der Waals surface area contributed by atoms with Gasteiger partial charge in [0.2, 0.25) is 0 Å². The first-order chi connectivity index (χ1) is 12.8. The van der Waals surface area contributed by atoms with Crippen LogP contribution in [0.5, 0.6) is 5.75 Å². The lowest BCUT2D eigenvalue weighted by molar-refractivity contribution is 0.224. The van der Waals surface area contributed by atoms with E-state index in [0.717, 1.165) is 56.5 Å². The summed E-state index contributed by atoms with van der Waals surface area (Å²) in [5.41, 5.74) is 4.23. The second kappa shape index (κ2) is 9.68. The van der Waals surface area contributed by atoms with Gasteiger partial charge in [-0.05, 0) is 67.1 Å². The number of piperazine rings is 1. The Hall–Kier alpha value is -1.42. The molecular formula is C22H28Cl2N2O. The van der Waals surface area contributed by atoms with Crippen molar-refractivity contribution in [2.24, 2.45) is 0 Å². The summed E-state index contributed by atoms with van der Waals surface area (Å²) in [6.45, 7) is 6.23. The zero-order valence-corrected chi connectivity index (χ0v) is 17.3. The van der Waals surface area contributed by atoms with Crippen LogP contribution in [-0.4, -0.2) is 44.2 Å². The summed E-state index contributed by atoms with van der Waals surface area (Å²) < 4.78 is 5.97. The summed E-state index contributed by atoms with van der Waals surface area (Å²) in [5.74, 6) is 1.04. The highest BCUT2D eigenvalue weighted by Gasteiger charge is 2.17. The minimum absolute atomic E-state index is 0. The summed E-state index contributed by atoms with van der Waals surface area (Å²) in [6.07, 6.45) is 4.81. The Morgan fingerprint density at radius 1 is 0.926 bits per heavy atom. The van der Waals surface area contributed by atoms with Crippen molar-refractivity contribution >= 4 is 29.7 Å². The van der Waals surface area contributed by atoms with Crippen LogP contribution in [0.25, 0.3) is 0 Å². The van der Waals surface area contributed by atoms with Crippen molar-refractivity contribution < 1.29 is 4.74 Å². The van der Waals surface area contributed by atoms with Crippen molar-refractivity contribution in [3.63, 3.8) is 0 Å². The molecule has 4 rings (SSSR count). The Kier molecular flexibility index (Phi) is 7.28. The van der Waals surface area contributed by atoms with Crippen LogP contribution < -0.4 is 9.64 Å². The van der Waals surface area contributed by atoms with Gasteiger partial charge in [0.25, 0.3) is 0 Å². The van der Waals surface area contributed by atoms with Crippen molar-refractivity contribution in [3.05, 3.63) is 58.6 Å². The molecule has 0 atom stereocenters. The van der Waals surface area contributed by atoms with Gasteiger partial charge in [-0.1, -0.05) is 23.7 Å². The molecule has 5 heteroatoms. The molecule has 1 aliphatic carbocycles. The van der Waals surface area contributed by atoms with Crippen LogP contribution in [0.2, 0.25) is 5.02 Å². The molecule has 0 N–H and O–H groups in total. The molecule has 2 aromatic rings. The summed E-state index contributed by atoms with van der Waals surface area (Å²) >= 11 is 6.11. The first-order valence-corrected chi connectivity index (χ1v) is 10.1. The maximum Gasteiger partial charge on any atom is 0.119 e. The lowest BCUT2D eigenvalue weighted by atomic mass is 10.1. The molecule has 2 aliphatic rings. The van der Waals surface area contributed by atoms with Crippen LogP contribution in [-0.2, 0) is 12.8 Å². The zero-order chi connectivity index (χ0) is 17.8. The summed E-state index contributed by atoms with van der Waals surface area (Å²) in [5, 5.41) is 0.814. The Morgan fingerprint density at radius 2 is 1.74 bits per heavy atom. The average Bonchev–Trinajstić information content (AvgIpc) is 3.14. The second-order valence-electron chi connectivity index (χ2n) is 7.29. The van der Waals surface area contributed by atoms with Gasteiger partial charge in [-0.15, -0.1) is 12.4 Å². The standard InChI is InChI=1S/C22H27ClN2O.ClH/c23-20-6-2-7-21(17-20)25-13-11-24(12-14-25)10-3-15-26-22-9-8-18-4-1-5-19(18)16-22;/h2,6-9,16-17H,1,3-5,10-15H2;1H. The van der Waals surface area contributed by atoms with Gasteiger partial charge in [0, 0.05) is 43.4 Å². The van der Waals surface area contributed by atoms with Gasteiger partial charge in [0.05, 0.1) is 6.61 Å². The smallest absolute Gasteiger partial charge is 0.119 e. The van der Waals surface area contributed by atoms with E-state index >= 15 is 0 Å². The van der Waals surface area contributed by atoms with Crippen LogP contribution in [0.1, 0.15) is 24.0 Å². The van der Waals surface area contributed by atoms with Crippen molar-refractivity contribution in [1.29, 1.82) is 0 Å². The number of anilines is 1. The highest BCUT2D eigenvalue weighted by molar-refractivity contribution is 6.30. The number of benzene rings is 2. The van der Waals surface area contributed by atoms with Crippen LogP contribution in [0.15, 0.2) is 42.5 Å². The van der Waals surface area contributed by atoms with E-state index in [1.165, 1.54) is 36.1 Å². The Balaban J connectivity index is 0.00000210. The van der Waals surface area contributed by atoms with Gasteiger partial charge < -0.3 is 9.64 Å². The second-order valence-corrected chi connectivity index (χ2v) is 7.73. The van der Waals surface area contributed by atoms with E-state index in [1.54, 1.807) is 0 Å². The predicted molar refractivity (Wildman–Crippen MR) is 116 cm³/mol. The van der Waals surface area contributed by atoms with E-state index in [2.05, 4.69) is 40.1 Å². The van der Waals surface area contributed by atoms with E-state index in [-0.39, 0.29) is 12.4 Å². The quantitative estimate of drug-likeness (QED) is 0.638. The summed E-state index contributed by atoms with van der Waals surface area (Å²) in [4.78, 5) is 4.95. The van der Waals surface area contributed by atoms with Crippen molar-refractivity contribution in [3.8, 4) is 5.75 Å². The molecule has 0 radical (unpaired) electrons. The molecule has 1 heterocycles. The molecule has 3 nitrogen and oxygen atoms in total.